The van der Waals surface area contributed by atoms with E-state index >= 15 is 0 Å². The third-order valence-corrected chi connectivity index (χ3v) is 2.95. The van der Waals surface area contributed by atoms with Crippen molar-refractivity contribution in [1.29, 1.82) is 5.26 Å². The van der Waals surface area contributed by atoms with Gasteiger partial charge in [-0.05, 0) is 30.3 Å². The number of halogens is 1. The van der Waals surface area contributed by atoms with E-state index in [-0.39, 0.29) is 0 Å². The van der Waals surface area contributed by atoms with Gasteiger partial charge in [0.2, 0.25) is 0 Å². The largest absolute Gasteiger partial charge is 0.497 e. The molecule has 0 aromatic heterocycles. The Morgan fingerprint density at radius 1 is 1.21 bits per heavy atom. The van der Waals surface area contributed by atoms with E-state index < -0.39 is 0 Å². The fraction of sp³-hybridized carbons (Fsp3) is 0.0714. The summed E-state index contributed by atoms with van der Waals surface area (Å²) in [6.45, 7) is 0. The van der Waals surface area contributed by atoms with E-state index in [2.05, 4.69) is 11.4 Å². The molecule has 0 heterocycles. The van der Waals surface area contributed by atoms with Gasteiger partial charge < -0.3 is 15.8 Å². The number of nitrogens with two attached hydrogens (primary N) is 1. The van der Waals surface area contributed by atoms with Crippen molar-refractivity contribution in [3.8, 4) is 11.8 Å². The summed E-state index contributed by atoms with van der Waals surface area (Å²) >= 11 is 6.08. The molecular weight excluding hydrogens is 262 g/mol. The zero-order valence-electron chi connectivity index (χ0n) is 10.3. The van der Waals surface area contributed by atoms with Gasteiger partial charge in [-0.15, -0.1) is 0 Å². The summed E-state index contributed by atoms with van der Waals surface area (Å²) in [5, 5.41) is 12.5. The molecule has 0 fully saturated rings. The number of hydrogen-bond donors (Lipinski definition) is 2. The molecule has 0 spiro atoms. The first-order valence-corrected chi connectivity index (χ1v) is 5.92. The summed E-state index contributed by atoms with van der Waals surface area (Å²) < 4.78 is 5.08. The molecular formula is C14H12ClN3O. The van der Waals surface area contributed by atoms with Gasteiger partial charge in [-0.2, -0.15) is 5.26 Å². The number of ether oxygens (including phenoxy) is 1. The monoisotopic (exact) mass is 273 g/mol. The highest BCUT2D eigenvalue weighted by Gasteiger charge is 2.06. The quantitative estimate of drug-likeness (QED) is 0.839. The van der Waals surface area contributed by atoms with E-state index in [0.29, 0.717) is 33.4 Å². The number of methoxy groups -OCH3 is 1. The molecule has 0 saturated carbocycles. The lowest BCUT2D eigenvalue weighted by atomic mass is 10.2. The van der Waals surface area contributed by atoms with Gasteiger partial charge in [0, 0.05) is 6.07 Å². The number of benzene rings is 2. The number of nitrogens with zero attached hydrogens (tertiary/aromatic N) is 1. The van der Waals surface area contributed by atoms with Crippen LogP contribution in [0.25, 0.3) is 0 Å². The van der Waals surface area contributed by atoms with Crippen molar-refractivity contribution in [1.82, 2.24) is 0 Å². The van der Waals surface area contributed by atoms with E-state index in [1.165, 1.54) is 0 Å². The molecule has 4 nitrogen and oxygen atoms in total. The molecule has 3 N–H and O–H groups in total. The van der Waals surface area contributed by atoms with Gasteiger partial charge >= 0.3 is 0 Å². The van der Waals surface area contributed by atoms with Crippen molar-refractivity contribution >= 4 is 28.7 Å². The van der Waals surface area contributed by atoms with Gasteiger partial charge in [0.05, 0.1) is 40.8 Å². The maximum atomic E-state index is 8.88. The van der Waals surface area contributed by atoms with Crippen molar-refractivity contribution in [2.75, 3.05) is 18.2 Å². The maximum Gasteiger partial charge on any atom is 0.121 e. The molecule has 0 aliphatic heterocycles. The molecule has 5 heteroatoms. The first-order valence-electron chi connectivity index (χ1n) is 5.54. The Labute approximate surface area is 116 Å². The minimum atomic E-state index is 0.522. The van der Waals surface area contributed by atoms with Gasteiger partial charge in [-0.1, -0.05) is 11.6 Å². The van der Waals surface area contributed by atoms with Crippen molar-refractivity contribution in [2.24, 2.45) is 0 Å². The van der Waals surface area contributed by atoms with Crippen LogP contribution in [0.1, 0.15) is 5.56 Å². The molecule has 0 aliphatic carbocycles. The molecule has 0 radical (unpaired) electrons. The average Bonchev–Trinajstić information content (AvgIpc) is 2.43. The summed E-state index contributed by atoms with van der Waals surface area (Å²) in [5.74, 6) is 0.680. The topological polar surface area (TPSA) is 71.1 Å². The summed E-state index contributed by atoms with van der Waals surface area (Å²) in [7, 11) is 1.58. The van der Waals surface area contributed by atoms with E-state index in [1.54, 1.807) is 43.5 Å². The summed E-state index contributed by atoms with van der Waals surface area (Å²) in [6, 6.07) is 12.4. The lowest BCUT2D eigenvalue weighted by molar-refractivity contribution is 0.415. The van der Waals surface area contributed by atoms with E-state index in [0.717, 1.165) is 0 Å². The second-order valence-corrected chi connectivity index (χ2v) is 4.29. The molecule has 2 aromatic rings. The van der Waals surface area contributed by atoms with Crippen LogP contribution in [-0.2, 0) is 0 Å². The predicted molar refractivity (Wildman–Crippen MR) is 76.9 cm³/mol. The fourth-order valence-electron chi connectivity index (χ4n) is 1.62. The first-order chi connectivity index (χ1) is 9.13. The highest BCUT2D eigenvalue weighted by molar-refractivity contribution is 6.33. The minimum Gasteiger partial charge on any atom is -0.497 e. The van der Waals surface area contributed by atoms with Crippen LogP contribution in [0.3, 0.4) is 0 Å². The van der Waals surface area contributed by atoms with Crippen LogP contribution in [0.5, 0.6) is 5.75 Å². The molecule has 0 amide bonds. The standard InChI is InChI=1S/C14H12ClN3O/c1-19-10-3-5-13(12(17)7-10)18-14-6-9(8-16)2-4-11(14)15/h2-7,18H,17H2,1H3. The summed E-state index contributed by atoms with van der Waals surface area (Å²) in [4.78, 5) is 0. The normalized spacial score (nSPS) is 9.74. The second kappa shape index (κ2) is 5.51. The van der Waals surface area contributed by atoms with Crippen molar-refractivity contribution in [3.63, 3.8) is 0 Å². The van der Waals surface area contributed by atoms with Crippen LogP contribution >= 0.6 is 11.6 Å². The number of nitrogen functional groups attached to an aromatic ring is 1. The molecule has 19 heavy (non-hydrogen) atoms. The lowest BCUT2D eigenvalue weighted by Gasteiger charge is -2.12. The fourth-order valence-corrected chi connectivity index (χ4v) is 1.78. The molecule has 0 aliphatic rings. The second-order valence-electron chi connectivity index (χ2n) is 3.88. The number of anilines is 3. The Balaban J connectivity index is 2.33. The Morgan fingerprint density at radius 3 is 2.63 bits per heavy atom. The molecule has 0 atom stereocenters. The van der Waals surface area contributed by atoms with E-state index in [1.807, 2.05) is 0 Å². The highest BCUT2D eigenvalue weighted by Crippen LogP contribution is 2.31. The lowest BCUT2D eigenvalue weighted by Crippen LogP contribution is -1.98. The van der Waals surface area contributed by atoms with Crippen LogP contribution in [0, 0.1) is 11.3 Å². The SMILES string of the molecule is COc1ccc(Nc2cc(C#N)ccc2Cl)c(N)c1. The van der Waals surface area contributed by atoms with Gasteiger partial charge in [0.25, 0.3) is 0 Å². The Morgan fingerprint density at radius 2 is 2.00 bits per heavy atom. The van der Waals surface area contributed by atoms with Crippen LogP contribution < -0.4 is 15.8 Å². The average molecular weight is 274 g/mol. The summed E-state index contributed by atoms with van der Waals surface area (Å²) in [5.41, 5.74) is 8.32. The molecule has 2 rings (SSSR count). The first kappa shape index (κ1) is 13.1. The molecule has 0 saturated heterocycles. The summed E-state index contributed by atoms with van der Waals surface area (Å²) in [6.07, 6.45) is 0. The Kier molecular flexibility index (Phi) is 3.79. The van der Waals surface area contributed by atoms with Crippen LogP contribution in [0.2, 0.25) is 5.02 Å². The third-order valence-electron chi connectivity index (χ3n) is 2.62. The Bertz CT molecular complexity index is 650. The number of hydrogen-bond acceptors (Lipinski definition) is 4. The predicted octanol–water partition coefficient (Wildman–Crippen LogP) is 3.55. The number of rotatable bonds is 3. The van der Waals surface area contributed by atoms with Gasteiger partial charge in [-0.25, -0.2) is 0 Å². The highest BCUT2D eigenvalue weighted by atomic mass is 35.5. The van der Waals surface area contributed by atoms with E-state index in [9.17, 15) is 0 Å². The molecule has 2 aromatic carbocycles. The number of nitriles is 1. The third kappa shape index (κ3) is 2.90. The minimum absolute atomic E-state index is 0.522. The van der Waals surface area contributed by atoms with Crippen LogP contribution in [-0.4, -0.2) is 7.11 Å². The van der Waals surface area contributed by atoms with Gasteiger partial charge in [0.1, 0.15) is 5.75 Å². The van der Waals surface area contributed by atoms with Crippen molar-refractivity contribution in [3.05, 3.63) is 47.0 Å². The van der Waals surface area contributed by atoms with Crippen molar-refractivity contribution < 1.29 is 4.74 Å². The van der Waals surface area contributed by atoms with Crippen LogP contribution in [0.4, 0.5) is 17.1 Å². The molecule has 96 valence electrons. The maximum absolute atomic E-state index is 8.88. The zero-order chi connectivity index (χ0) is 13.8. The molecule has 0 unspecified atom stereocenters. The zero-order valence-corrected chi connectivity index (χ0v) is 11.0. The van der Waals surface area contributed by atoms with Gasteiger partial charge in [-0.3, -0.25) is 0 Å². The van der Waals surface area contributed by atoms with Gasteiger partial charge in [0.15, 0.2) is 0 Å². The Hall–Kier alpha value is -2.38. The molecule has 0 bridgehead atoms. The number of nitrogens with one attached hydrogen (secondary N) is 1. The van der Waals surface area contributed by atoms with Crippen LogP contribution in [0.15, 0.2) is 36.4 Å². The smallest absolute Gasteiger partial charge is 0.121 e. The van der Waals surface area contributed by atoms with Crippen molar-refractivity contribution in [2.45, 2.75) is 0 Å². The van der Waals surface area contributed by atoms with E-state index in [4.69, 9.17) is 27.3 Å².